The molecule has 1 unspecified atom stereocenters. The highest BCUT2D eigenvalue weighted by Gasteiger charge is 2.16. The second-order valence-corrected chi connectivity index (χ2v) is 7.60. The number of nitrogens with zero attached hydrogens (tertiary/aromatic N) is 1. The van der Waals surface area contributed by atoms with Gasteiger partial charge in [0.05, 0.1) is 6.10 Å². The van der Waals surface area contributed by atoms with E-state index in [0.717, 1.165) is 52.0 Å². The highest BCUT2D eigenvalue weighted by Crippen LogP contribution is 2.18. The molecule has 0 amide bonds. The smallest absolute Gasteiger partial charge is 0.0564 e. The van der Waals surface area contributed by atoms with Crippen LogP contribution in [-0.2, 0) is 13.1 Å². The van der Waals surface area contributed by atoms with E-state index in [1.54, 1.807) is 0 Å². The molecule has 0 spiro atoms. The molecule has 0 bridgehead atoms. The fraction of sp³-hybridized carbons (Fsp3) is 0.478. The van der Waals surface area contributed by atoms with Crippen molar-refractivity contribution in [2.75, 3.05) is 19.6 Å². The van der Waals surface area contributed by atoms with Gasteiger partial charge in [-0.15, -0.1) is 0 Å². The number of likely N-dealkylation sites (tertiary alicyclic amines) is 1. The second-order valence-electron chi connectivity index (χ2n) is 7.60. The Kier molecular flexibility index (Phi) is 7.24. The Hall–Kier alpha value is -1.68. The molecule has 0 aliphatic carbocycles. The predicted octanol–water partition coefficient (Wildman–Crippen LogP) is 3.93. The van der Waals surface area contributed by atoms with Gasteiger partial charge in [-0.1, -0.05) is 61.5 Å². The number of nitrogens with one attached hydrogen (secondary N) is 1. The fourth-order valence-corrected chi connectivity index (χ4v) is 3.60. The lowest BCUT2D eigenvalue weighted by Gasteiger charge is -2.29. The highest BCUT2D eigenvalue weighted by atomic mass is 16.3. The maximum Gasteiger partial charge on any atom is 0.0564 e. The summed E-state index contributed by atoms with van der Waals surface area (Å²) in [4.78, 5) is 2.44. The summed E-state index contributed by atoms with van der Waals surface area (Å²) < 4.78 is 0. The molecule has 1 fully saturated rings. The van der Waals surface area contributed by atoms with Gasteiger partial charge < -0.3 is 10.4 Å². The van der Waals surface area contributed by atoms with E-state index < -0.39 is 0 Å². The van der Waals surface area contributed by atoms with Crippen LogP contribution in [0.4, 0.5) is 0 Å². The maximum absolute atomic E-state index is 9.60. The largest absolute Gasteiger partial charge is 0.393 e. The van der Waals surface area contributed by atoms with Crippen LogP contribution in [-0.4, -0.2) is 35.7 Å². The first-order valence-electron chi connectivity index (χ1n) is 9.94. The van der Waals surface area contributed by atoms with Gasteiger partial charge in [-0.2, -0.15) is 0 Å². The molecule has 3 rings (SSSR count). The van der Waals surface area contributed by atoms with Crippen molar-refractivity contribution in [3.63, 3.8) is 0 Å². The zero-order valence-corrected chi connectivity index (χ0v) is 15.9. The molecule has 2 aromatic rings. The van der Waals surface area contributed by atoms with Gasteiger partial charge in [-0.25, -0.2) is 0 Å². The van der Waals surface area contributed by atoms with Crippen molar-refractivity contribution in [2.24, 2.45) is 0 Å². The van der Waals surface area contributed by atoms with E-state index in [9.17, 15) is 5.11 Å². The zero-order chi connectivity index (χ0) is 18.2. The summed E-state index contributed by atoms with van der Waals surface area (Å²) in [5.74, 6) is 0.592. The van der Waals surface area contributed by atoms with Crippen LogP contribution in [0, 0.1) is 0 Å². The first kappa shape index (κ1) is 19.1. The van der Waals surface area contributed by atoms with Crippen molar-refractivity contribution in [3.05, 3.63) is 71.3 Å². The van der Waals surface area contributed by atoms with Gasteiger partial charge in [0, 0.05) is 26.2 Å². The number of benzene rings is 2. The number of rotatable bonds is 8. The van der Waals surface area contributed by atoms with Crippen molar-refractivity contribution in [2.45, 2.75) is 51.3 Å². The Morgan fingerprint density at radius 1 is 1.00 bits per heavy atom. The number of piperidine rings is 1. The summed E-state index contributed by atoms with van der Waals surface area (Å²) in [6.07, 6.45) is 2.87. The van der Waals surface area contributed by atoms with Crippen LogP contribution in [0.25, 0.3) is 0 Å². The summed E-state index contributed by atoms with van der Waals surface area (Å²) in [6, 6.07) is 19.7. The van der Waals surface area contributed by atoms with Crippen LogP contribution in [0.5, 0.6) is 0 Å². The van der Waals surface area contributed by atoms with Crippen molar-refractivity contribution < 1.29 is 5.11 Å². The van der Waals surface area contributed by atoms with Crippen LogP contribution in [0.15, 0.2) is 54.6 Å². The molecule has 1 saturated heterocycles. The SMILES string of the molecule is CC(CCNCc1ccc(CN2CCC(O)CC2)cc1)c1ccccc1. The molecular weight excluding hydrogens is 320 g/mol. The normalized spacial score (nSPS) is 17.3. The quantitative estimate of drug-likeness (QED) is 0.707. The van der Waals surface area contributed by atoms with Crippen molar-refractivity contribution in [1.29, 1.82) is 0 Å². The summed E-state index contributed by atoms with van der Waals surface area (Å²) >= 11 is 0. The monoisotopic (exact) mass is 352 g/mol. The first-order valence-corrected chi connectivity index (χ1v) is 9.94. The molecule has 0 saturated carbocycles. The van der Waals surface area contributed by atoms with Crippen LogP contribution in [0.3, 0.4) is 0 Å². The molecule has 1 heterocycles. The minimum atomic E-state index is -0.0932. The fourth-order valence-electron chi connectivity index (χ4n) is 3.60. The standard InChI is InChI=1S/C23H32N2O/c1-19(22-5-3-2-4-6-22)11-14-24-17-20-7-9-21(10-8-20)18-25-15-12-23(26)13-16-25/h2-10,19,23-24,26H,11-18H2,1H3. The minimum Gasteiger partial charge on any atom is -0.393 e. The Balaban J connectivity index is 1.36. The topological polar surface area (TPSA) is 35.5 Å². The maximum atomic E-state index is 9.60. The second kappa shape index (κ2) is 9.86. The summed E-state index contributed by atoms with van der Waals surface area (Å²) in [5, 5.41) is 13.2. The Bertz CT molecular complexity index is 633. The Morgan fingerprint density at radius 2 is 1.65 bits per heavy atom. The lowest BCUT2D eigenvalue weighted by molar-refractivity contribution is 0.0792. The third kappa shape index (κ3) is 5.94. The lowest BCUT2D eigenvalue weighted by Crippen LogP contribution is -2.35. The predicted molar refractivity (Wildman–Crippen MR) is 108 cm³/mol. The Morgan fingerprint density at radius 3 is 2.35 bits per heavy atom. The number of hydrogen-bond donors (Lipinski definition) is 2. The van der Waals surface area contributed by atoms with Gasteiger partial charge in [0.15, 0.2) is 0 Å². The molecule has 2 N–H and O–H groups in total. The molecule has 1 atom stereocenters. The van der Waals surface area contributed by atoms with Crippen molar-refractivity contribution >= 4 is 0 Å². The molecule has 3 heteroatoms. The molecule has 1 aliphatic heterocycles. The van der Waals surface area contributed by atoms with Gasteiger partial charge in [-0.3, -0.25) is 4.90 Å². The van der Waals surface area contributed by atoms with Gasteiger partial charge in [0.1, 0.15) is 0 Å². The van der Waals surface area contributed by atoms with Crippen molar-refractivity contribution in [3.8, 4) is 0 Å². The lowest BCUT2D eigenvalue weighted by atomic mass is 9.98. The summed E-state index contributed by atoms with van der Waals surface area (Å²) in [7, 11) is 0. The number of aliphatic hydroxyl groups is 1. The molecule has 1 aliphatic rings. The summed E-state index contributed by atoms with van der Waals surface area (Å²) in [5.41, 5.74) is 4.13. The van der Waals surface area contributed by atoms with Gasteiger partial charge in [-0.05, 0) is 48.4 Å². The van der Waals surface area contributed by atoms with E-state index in [4.69, 9.17) is 0 Å². The molecule has 0 radical (unpaired) electrons. The molecule has 2 aromatic carbocycles. The van der Waals surface area contributed by atoms with Crippen LogP contribution >= 0.6 is 0 Å². The number of aliphatic hydroxyl groups excluding tert-OH is 1. The van der Waals surface area contributed by atoms with Crippen molar-refractivity contribution in [1.82, 2.24) is 10.2 Å². The van der Waals surface area contributed by atoms with E-state index in [1.165, 1.54) is 16.7 Å². The molecule has 3 nitrogen and oxygen atoms in total. The zero-order valence-electron chi connectivity index (χ0n) is 15.9. The minimum absolute atomic E-state index is 0.0932. The summed E-state index contributed by atoms with van der Waals surface area (Å²) in [6.45, 7) is 7.26. The first-order chi connectivity index (χ1) is 12.7. The third-order valence-electron chi connectivity index (χ3n) is 5.44. The molecule has 26 heavy (non-hydrogen) atoms. The van der Waals surface area contributed by atoms with Gasteiger partial charge >= 0.3 is 0 Å². The van der Waals surface area contributed by atoms with E-state index in [0.29, 0.717) is 5.92 Å². The van der Waals surface area contributed by atoms with E-state index >= 15 is 0 Å². The third-order valence-corrected chi connectivity index (χ3v) is 5.44. The molecular formula is C23H32N2O. The van der Waals surface area contributed by atoms with E-state index in [2.05, 4.69) is 71.7 Å². The van der Waals surface area contributed by atoms with Crippen LogP contribution in [0.2, 0.25) is 0 Å². The van der Waals surface area contributed by atoms with Crippen LogP contribution < -0.4 is 5.32 Å². The average Bonchev–Trinajstić information content (AvgIpc) is 2.69. The number of hydrogen-bond acceptors (Lipinski definition) is 3. The average molecular weight is 353 g/mol. The van der Waals surface area contributed by atoms with Gasteiger partial charge in [0.2, 0.25) is 0 Å². The van der Waals surface area contributed by atoms with Crippen LogP contribution in [0.1, 0.15) is 48.8 Å². The highest BCUT2D eigenvalue weighted by molar-refractivity contribution is 5.22. The Labute approximate surface area is 158 Å². The van der Waals surface area contributed by atoms with E-state index in [-0.39, 0.29) is 6.10 Å². The molecule has 140 valence electrons. The van der Waals surface area contributed by atoms with Gasteiger partial charge in [0.25, 0.3) is 0 Å². The molecule has 0 aromatic heterocycles. The van der Waals surface area contributed by atoms with E-state index in [1.807, 2.05) is 0 Å².